The SMILES string of the molecule is CCNC(=NCc1ccc(C)c(F)c1)NCC(C)(O)c1ccccc1. The van der Waals surface area contributed by atoms with Gasteiger partial charge < -0.3 is 15.7 Å². The molecule has 0 spiro atoms. The fraction of sp³-hybridized carbons (Fsp3) is 0.350. The van der Waals surface area contributed by atoms with Gasteiger partial charge in [0.05, 0.1) is 13.1 Å². The standard InChI is InChI=1S/C20H26FN3O/c1-4-22-19(23-13-16-11-10-15(2)18(21)12-16)24-14-20(3,25)17-8-6-5-7-9-17/h5-12,25H,4,13-14H2,1-3H3,(H2,22,23,24). The van der Waals surface area contributed by atoms with Crippen LogP contribution in [0, 0.1) is 12.7 Å². The molecule has 134 valence electrons. The molecular formula is C20H26FN3O. The predicted molar refractivity (Wildman–Crippen MR) is 100.0 cm³/mol. The van der Waals surface area contributed by atoms with Crippen LogP contribution in [0.5, 0.6) is 0 Å². The molecule has 0 saturated heterocycles. The Kier molecular flexibility index (Phi) is 6.53. The normalized spacial score (nSPS) is 14.0. The summed E-state index contributed by atoms with van der Waals surface area (Å²) in [7, 11) is 0. The molecule has 0 fully saturated rings. The van der Waals surface area contributed by atoms with Crippen molar-refractivity contribution >= 4 is 5.96 Å². The van der Waals surface area contributed by atoms with Gasteiger partial charge in [-0.1, -0.05) is 42.5 Å². The summed E-state index contributed by atoms with van der Waals surface area (Å²) in [4.78, 5) is 4.47. The fourth-order valence-electron chi connectivity index (χ4n) is 2.40. The van der Waals surface area contributed by atoms with E-state index in [9.17, 15) is 9.50 Å². The van der Waals surface area contributed by atoms with Crippen LogP contribution in [0.4, 0.5) is 4.39 Å². The Labute approximate surface area is 148 Å². The van der Waals surface area contributed by atoms with Crippen molar-refractivity contribution in [1.29, 1.82) is 0 Å². The lowest BCUT2D eigenvalue weighted by Crippen LogP contribution is -2.44. The number of aliphatic hydroxyl groups is 1. The van der Waals surface area contributed by atoms with Gasteiger partial charge in [-0.15, -0.1) is 0 Å². The number of benzene rings is 2. The van der Waals surface area contributed by atoms with Gasteiger partial charge in [0.2, 0.25) is 0 Å². The van der Waals surface area contributed by atoms with Crippen LogP contribution in [-0.4, -0.2) is 24.2 Å². The molecule has 0 aliphatic rings. The monoisotopic (exact) mass is 343 g/mol. The van der Waals surface area contributed by atoms with E-state index in [0.717, 1.165) is 11.1 Å². The molecule has 0 aliphatic heterocycles. The van der Waals surface area contributed by atoms with Gasteiger partial charge in [-0.25, -0.2) is 9.38 Å². The molecule has 1 atom stereocenters. The first-order valence-corrected chi connectivity index (χ1v) is 8.47. The lowest BCUT2D eigenvalue weighted by molar-refractivity contribution is 0.0617. The first-order chi connectivity index (χ1) is 11.9. The fourth-order valence-corrected chi connectivity index (χ4v) is 2.40. The molecule has 0 aromatic heterocycles. The number of hydrogen-bond donors (Lipinski definition) is 3. The molecule has 5 heteroatoms. The van der Waals surface area contributed by atoms with E-state index in [1.165, 1.54) is 6.07 Å². The van der Waals surface area contributed by atoms with Gasteiger partial charge in [-0.3, -0.25) is 0 Å². The van der Waals surface area contributed by atoms with Gasteiger partial charge in [-0.05, 0) is 43.5 Å². The molecule has 4 nitrogen and oxygen atoms in total. The zero-order chi connectivity index (χ0) is 18.3. The summed E-state index contributed by atoms with van der Waals surface area (Å²) in [6.07, 6.45) is 0. The second kappa shape index (κ2) is 8.62. The van der Waals surface area contributed by atoms with Gasteiger partial charge in [-0.2, -0.15) is 0 Å². The Morgan fingerprint density at radius 1 is 1.16 bits per heavy atom. The minimum Gasteiger partial charge on any atom is -0.384 e. The van der Waals surface area contributed by atoms with E-state index in [1.54, 1.807) is 19.9 Å². The topological polar surface area (TPSA) is 56.7 Å². The largest absolute Gasteiger partial charge is 0.384 e. The molecule has 2 rings (SSSR count). The van der Waals surface area contributed by atoms with Gasteiger partial charge in [0, 0.05) is 6.54 Å². The maximum Gasteiger partial charge on any atom is 0.191 e. The number of hydrogen-bond acceptors (Lipinski definition) is 2. The Bertz CT molecular complexity index is 714. The van der Waals surface area contributed by atoms with Crippen LogP contribution in [0.1, 0.15) is 30.5 Å². The third kappa shape index (κ3) is 5.57. The van der Waals surface area contributed by atoms with Crippen LogP contribution < -0.4 is 10.6 Å². The van der Waals surface area contributed by atoms with Crippen molar-refractivity contribution in [2.45, 2.75) is 32.9 Å². The summed E-state index contributed by atoms with van der Waals surface area (Å²) in [5.41, 5.74) is 1.23. The average molecular weight is 343 g/mol. The first kappa shape index (κ1) is 18.9. The highest BCUT2D eigenvalue weighted by molar-refractivity contribution is 5.79. The average Bonchev–Trinajstić information content (AvgIpc) is 2.61. The number of nitrogens with one attached hydrogen (secondary N) is 2. The Morgan fingerprint density at radius 3 is 2.52 bits per heavy atom. The molecule has 0 amide bonds. The molecule has 0 saturated carbocycles. The van der Waals surface area contributed by atoms with Gasteiger partial charge in [0.25, 0.3) is 0 Å². The summed E-state index contributed by atoms with van der Waals surface area (Å²) in [6, 6.07) is 14.6. The van der Waals surface area contributed by atoms with E-state index in [4.69, 9.17) is 0 Å². The van der Waals surface area contributed by atoms with Crippen molar-refractivity contribution < 1.29 is 9.50 Å². The van der Waals surface area contributed by atoms with Crippen LogP contribution in [0.15, 0.2) is 53.5 Å². The van der Waals surface area contributed by atoms with E-state index >= 15 is 0 Å². The van der Waals surface area contributed by atoms with Crippen molar-refractivity contribution in [2.24, 2.45) is 4.99 Å². The van der Waals surface area contributed by atoms with E-state index in [2.05, 4.69) is 15.6 Å². The number of aryl methyl sites for hydroxylation is 1. The minimum absolute atomic E-state index is 0.224. The smallest absolute Gasteiger partial charge is 0.191 e. The number of guanidine groups is 1. The van der Waals surface area contributed by atoms with Crippen LogP contribution in [0.3, 0.4) is 0 Å². The Hall–Kier alpha value is -2.40. The summed E-state index contributed by atoms with van der Waals surface area (Å²) in [6.45, 7) is 6.83. The summed E-state index contributed by atoms with van der Waals surface area (Å²) < 4.78 is 13.6. The van der Waals surface area contributed by atoms with E-state index < -0.39 is 5.60 Å². The van der Waals surface area contributed by atoms with Crippen molar-refractivity contribution in [2.75, 3.05) is 13.1 Å². The molecule has 0 heterocycles. The summed E-state index contributed by atoms with van der Waals surface area (Å²) >= 11 is 0. The lowest BCUT2D eigenvalue weighted by Gasteiger charge is -2.25. The predicted octanol–water partition coefficient (Wildman–Crippen LogP) is 3.10. The molecular weight excluding hydrogens is 317 g/mol. The Morgan fingerprint density at radius 2 is 1.88 bits per heavy atom. The van der Waals surface area contributed by atoms with E-state index in [0.29, 0.717) is 31.2 Å². The van der Waals surface area contributed by atoms with E-state index in [-0.39, 0.29) is 5.82 Å². The van der Waals surface area contributed by atoms with Crippen LogP contribution in [0.2, 0.25) is 0 Å². The molecule has 0 radical (unpaired) electrons. The van der Waals surface area contributed by atoms with Gasteiger partial charge >= 0.3 is 0 Å². The summed E-state index contributed by atoms with van der Waals surface area (Å²) in [5.74, 6) is 0.359. The third-order valence-electron chi connectivity index (χ3n) is 4.00. The van der Waals surface area contributed by atoms with E-state index in [1.807, 2.05) is 43.3 Å². The zero-order valence-electron chi connectivity index (χ0n) is 15.0. The van der Waals surface area contributed by atoms with Crippen LogP contribution in [0.25, 0.3) is 0 Å². The third-order valence-corrected chi connectivity index (χ3v) is 4.00. The maximum absolute atomic E-state index is 13.6. The van der Waals surface area contributed by atoms with Gasteiger partial charge in [0.1, 0.15) is 11.4 Å². The molecule has 3 N–H and O–H groups in total. The molecule has 1 unspecified atom stereocenters. The highest BCUT2D eigenvalue weighted by Crippen LogP contribution is 2.18. The quantitative estimate of drug-likeness (QED) is 0.558. The molecule has 2 aromatic carbocycles. The lowest BCUT2D eigenvalue weighted by atomic mass is 9.96. The molecule has 25 heavy (non-hydrogen) atoms. The zero-order valence-corrected chi connectivity index (χ0v) is 15.0. The van der Waals surface area contributed by atoms with Crippen molar-refractivity contribution in [1.82, 2.24) is 10.6 Å². The summed E-state index contributed by atoms with van der Waals surface area (Å²) in [5, 5.41) is 16.9. The maximum atomic E-state index is 13.6. The van der Waals surface area contributed by atoms with Crippen molar-refractivity contribution in [3.63, 3.8) is 0 Å². The van der Waals surface area contributed by atoms with Crippen molar-refractivity contribution in [3.05, 3.63) is 71.0 Å². The molecule has 2 aromatic rings. The molecule has 0 bridgehead atoms. The van der Waals surface area contributed by atoms with Crippen molar-refractivity contribution in [3.8, 4) is 0 Å². The number of aliphatic imine (C=N–C) groups is 1. The number of nitrogens with zero attached hydrogens (tertiary/aromatic N) is 1. The minimum atomic E-state index is -1.02. The number of rotatable bonds is 6. The second-order valence-electron chi connectivity index (χ2n) is 6.27. The highest BCUT2D eigenvalue weighted by Gasteiger charge is 2.22. The molecule has 0 aliphatic carbocycles. The van der Waals surface area contributed by atoms with Crippen LogP contribution >= 0.6 is 0 Å². The highest BCUT2D eigenvalue weighted by atomic mass is 19.1. The first-order valence-electron chi connectivity index (χ1n) is 8.47. The van der Waals surface area contributed by atoms with Gasteiger partial charge in [0.15, 0.2) is 5.96 Å². The Balaban J connectivity index is 2.03. The number of halogens is 1. The second-order valence-corrected chi connectivity index (χ2v) is 6.27. The van der Waals surface area contributed by atoms with Crippen LogP contribution in [-0.2, 0) is 12.1 Å².